The van der Waals surface area contributed by atoms with Crippen LogP contribution in [0, 0.1) is 5.41 Å². The number of likely N-dealkylation sites (tertiary alicyclic amines) is 1. The fourth-order valence-electron chi connectivity index (χ4n) is 2.96. The van der Waals surface area contributed by atoms with Crippen molar-refractivity contribution in [1.29, 1.82) is 0 Å². The number of hydrogen-bond donors (Lipinski definition) is 2. The highest BCUT2D eigenvalue weighted by molar-refractivity contribution is 6.30. The van der Waals surface area contributed by atoms with E-state index in [1.165, 1.54) is 0 Å². The number of nitrogens with one attached hydrogen (secondary N) is 1. The molecule has 128 valence electrons. The normalized spacial score (nSPS) is 18.0. The van der Waals surface area contributed by atoms with Crippen LogP contribution in [-0.2, 0) is 4.79 Å². The van der Waals surface area contributed by atoms with Crippen molar-refractivity contribution in [2.45, 2.75) is 45.7 Å². The number of hydrogen-bond acceptors (Lipinski definition) is 3. The van der Waals surface area contributed by atoms with E-state index in [0.717, 1.165) is 31.5 Å². The van der Waals surface area contributed by atoms with Crippen LogP contribution in [0.3, 0.4) is 0 Å². The molecule has 0 saturated carbocycles. The monoisotopic (exact) mass is 338 g/mol. The third-order valence-electron chi connectivity index (χ3n) is 4.32. The van der Waals surface area contributed by atoms with Gasteiger partial charge in [0.2, 0.25) is 5.91 Å². The summed E-state index contributed by atoms with van der Waals surface area (Å²) in [5, 5.41) is 13.9. The number of nitrogens with zero attached hydrogens (tertiary/aromatic N) is 1. The van der Waals surface area contributed by atoms with Crippen molar-refractivity contribution in [3.05, 3.63) is 34.9 Å². The van der Waals surface area contributed by atoms with Gasteiger partial charge in [0, 0.05) is 29.6 Å². The lowest BCUT2D eigenvalue weighted by Gasteiger charge is -2.37. The molecular formula is C18H27ClN2O2. The van der Waals surface area contributed by atoms with Crippen molar-refractivity contribution in [2.24, 2.45) is 5.41 Å². The van der Waals surface area contributed by atoms with Gasteiger partial charge in [-0.15, -0.1) is 0 Å². The SMILES string of the molecule is CC(C)(C)C(=O)N1CCC(NC(CO)c2ccc(Cl)cc2)CC1. The summed E-state index contributed by atoms with van der Waals surface area (Å²) < 4.78 is 0. The molecule has 1 fully saturated rings. The molecule has 0 aromatic heterocycles. The van der Waals surface area contributed by atoms with Gasteiger partial charge in [-0.2, -0.15) is 0 Å². The first-order valence-electron chi connectivity index (χ1n) is 8.23. The number of halogens is 1. The predicted molar refractivity (Wildman–Crippen MR) is 93.5 cm³/mol. The predicted octanol–water partition coefficient (Wildman–Crippen LogP) is 3.00. The second kappa shape index (κ2) is 7.65. The van der Waals surface area contributed by atoms with E-state index in [1.54, 1.807) is 0 Å². The smallest absolute Gasteiger partial charge is 0.227 e. The Morgan fingerprint density at radius 3 is 2.35 bits per heavy atom. The lowest BCUT2D eigenvalue weighted by atomic mass is 9.92. The Labute approximate surface area is 143 Å². The van der Waals surface area contributed by atoms with Crippen molar-refractivity contribution < 1.29 is 9.90 Å². The number of aliphatic hydroxyl groups excluding tert-OH is 1. The first-order valence-corrected chi connectivity index (χ1v) is 8.61. The Kier molecular flexibility index (Phi) is 6.06. The van der Waals surface area contributed by atoms with Crippen molar-refractivity contribution >= 4 is 17.5 Å². The molecule has 1 aliphatic heterocycles. The number of piperidine rings is 1. The summed E-state index contributed by atoms with van der Waals surface area (Å²) in [4.78, 5) is 14.3. The van der Waals surface area contributed by atoms with Crippen LogP contribution in [0.4, 0.5) is 0 Å². The quantitative estimate of drug-likeness (QED) is 0.887. The highest BCUT2D eigenvalue weighted by atomic mass is 35.5. The summed E-state index contributed by atoms with van der Waals surface area (Å²) in [5.74, 6) is 0.215. The number of benzene rings is 1. The van der Waals surface area contributed by atoms with Crippen LogP contribution in [0.1, 0.15) is 45.2 Å². The first kappa shape index (κ1) is 18.2. The lowest BCUT2D eigenvalue weighted by Crippen LogP contribution is -2.49. The number of carbonyl (C=O) groups excluding carboxylic acids is 1. The summed E-state index contributed by atoms with van der Waals surface area (Å²) >= 11 is 5.91. The Bertz CT molecular complexity index is 517. The molecule has 1 aliphatic rings. The van der Waals surface area contributed by atoms with Gasteiger partial charge >= 0.3 is 0 Å². The fourth-order valence-corrected chi connectivity index (χ4v) is 3.08. The maximum absolute atomic E-state index is 12.3. The Morgan fingerprint density at radius 1 is 1.30 bits per heavy atom. The molecule has 2 N–H and O–H groups in total. The standard InChI is InChI=1S/C18H27ClN2O2/c1-18(2,3)17(23)21-10-8-15(9-11-21)20-16(12-22)13-4-6-14(19)7-5-13/h4-7,15-16,20,22H,8-12H2,1-3H3. The average molecular weight is 339 g/mol. The average Bonchev–Trinajstić information content (AvgIpc) is 2.52. The molecule has 4 nitrogen and oxygen atoms in total. The molecule has 23 heavy (non-hydrogen) atoms. The molecule has 1 saturated heterocycles. The van der Waals surface area contributed by atoms with Crippen LogP contribution in [0.5, 0.6) is 0 Å². The molecule has 1 unspecified atom stereocenters. The van der Waals surface area contributed by atoms with E-state index in [1.807, 2.05) is 49.9 Å². The summed E-state index contributed by atoms with van der Waals surface area (Å²) in [6, 6.07) is 7.77. The van der Waals surface area contributed by atoms with E-state index >= 15 is 0 Å². The van der Waals surface area contributed by atoms with Crippen LogP contribution >= 0.6 is 11.6 Å². The number of rotatable bonds is 4. The fraction of sp³-hybridized carbons (Fsp3) is 0.611. The van der Waals surface area contributed by atoms with Gasteiger partial charge < -0.3 is 15.3 Å². The van der Waals surface area contributed by atoms with Crippen molar-refractivity contribution in [2.75, 3.05) is 19.7 Å². The molecule has 5 heteroatoms. The number of aliphatic hydroxyl groups is 1. The minimum atomic E-state index is -0.322. The van der Waals surface area contributed by atoms with Crippen molar-refractivity contribution in [1.82, 2.24) is 10.2 Å². The van der Waals surface area contributed by atoms with Crippen LogP contribution in [0.25, 0.3) is 0 Å². The van der Waals surface area contributed by atoms with Gasteiger partial charge in [0.15, 0.2) is 0 Å². The summed E-state index contributed by atoms with van der Waals surface area (Å²) in [7, 11) is 0. The third-order valence-corrected chi connectivity index (χ3v) is 4.57. The lowest BCUT2D eigenvalue weighted by molar-refractivity contribution is -0.140. The molecular weight excluding hydrogens is 312 g/mol. The van der Waals surface area contributed by atoms with Gasteiger partial charge in [-0.1, -0.05) is 44.5 Å². The van der Waals surface area contributed by atoms with Gasteiger partial charge in [0.05, 0.1) is 12.6 Å². The zero-order valence-electron chi connectivity index (χ0n) is 14.2. The summed E-state index contributed by atoms with van der Waals surface area (Å²) in [5.41, 5.74) is 0.710. The van der Waals surface area contributed by atoms with E-state index in [-0.39, 0.29) is 24.0 Å². The van der Waals surface area contributed by atoms with E-state index in [2.05, 4.69) is 5.32 Å². The van der Waals surface area contributed by atoms with E-state index in [9.17, 15) is 9.90 Å². The van der Waals surface area contributed by atoms with Crippen LogP contribution in [0.15, 0.2) is 24.3 Å². The highest BCUT2D eigenvalue weighted by Gasteiger charge is 2.30. The molecule has 1 aromatic rings. The Morgan fingerprint density at radius 2 is 1.87 bits per heavy atom. The Hall–Kier alpha value is -1.10. The molecule has 0 radical (unpaired) electrons. The second-order valence-electron chi connectivity index (χ2n) is 7.27. The van der Waals surface area contributed by atoms with Gasteiger partial charge in [-0.05, 0) is 30.5 Å². The summed E-state index contributed by atoms with van der Waals surface area (Å²) in [6.45, 7) is 7.47. The molecule has 2 rings (SSSR count). The molecule has 0 bridgehead atoms. The Balaban J connectivity index is 1.90. The highest BCUT2D eigenvalue weighted by Crippen LogP contribution is 2.23. The van der Waals surface area contributed by atoms with Crippen LogP contribution in [0.2, 0.25) is 5.02 Å². The topological polar surface area (TPSA) is 52.6 Å². The van der Waals surface area contributed by atoms with Crippen molar-refractivity contribution in [3.8, 4) is 0 Å². The molecule has 0 aliphatic carbocycles. The number of amides is 1. The second-order valence-corrected chi connectivity index (χ2v) is 7.71. The van der Waals surface area contributed by atoms with E-state index in [4.69, 9.17) is 11.6 Å². The minimum Gasteiger partial charge on any atom is -0.394 e. The van der Waals surface area contributed by atoms with Gasteiger partial charge in [-0.25, -0.2) is 0 Å². The zero-order chi connectivity index (χ0) is 17.0. The zero-order valence-corrected chi connectivity index (χ0v) is 14.9. The first-order chi connectivity index (χ1) is 10.8. The van der Waals surface area contributed by atoms with Gasteiger partial charge in [0.1, 0.15) is 0 Å². The molecule has 1 heterocycles. The molecule has 1 atom stereocenters. The maximum atomic E-state index is 12.3. The number of carbonyl (C=O) groups is 1. The maximum Gasteiger partial charge on any atom is 0.227 e. The van der Waals surface area contributed by atoms with E-state index < -0.39 is 0 Å². The third kappa shape index (κ3) is 4.93. The van der Waals surface area contributed by atoms with Gasteiger partial charge in [0.25, 0.3) is 0 Å². The van der Waals surface area contributed by atoms with Gasteiger partial charge in [-0.3, -0.25) is 4.79 Å². The largest absolute Gasteiger partial charge is 0.394 e. The van der Waals surface area contributed by atoms with Crippen LogP contribution in [-0.4, -0.2) is 41.7 Å². The van der Waals surface area contributed by atoms with Crippen LogP contribution < -0.4 is 5.32 Å². The van der Waals surface area contributed by atoms with E-state index in [0.29, 0.717) is 11.1 Å². The minimum absolute atomic E-state index is 0.0444. The van der Waals surface area contributed by atoms with Crippen molar-refractivity contribution in [3.63, 3.8) is 0 Å². The molecule has 0 spiro atoms. The summed E-state index contributed by atoms with van der Waals surface area (Å²) in [6.07, 6.45) is 1.82. The molecule has 1 amide bonds. The molecule has 1 aromatic carbocycles.